The Bertz CT molecular complexity index is 1030. The number of nitrogens with one attached hydrogen (secondary N) is 2. The second-order valence-electron chi connectivity index (χ2n) is 8.59. The van der Waals surface area contributed by atoms with E-state index in [0.717, 1.165) is 43.0 Å². The smallest absolute Gasteiger partial charge is 0.251 e. The van der Waals surface area contributed by atoms with Crippen molar-refractivity contribution in [3.8, 4) is 0 Å². The van der Waals surface area contributed by atoms with Crippen molar-refractivity contribution >= 4 is 27.7 Å². The Labute approximate surface area is 194 Å². The van der Waals surface area contributed by atoms with Crippen LogP contribution < -0.4 is 10.0 Å². The summed E-state index contributed by atoms with van der Waals surface area (Å²) in [6.45, 7) is 4.61. The Balaban J connectivity index is 1.46. The molecule has 2 aliphatic rings. The molecule has 9 heteroatoms. The van der Waals surface area contributed by atoms with E-state index in [4.69, 9.17) is 4.42 Å². The Morgan fingerprint density at radius 2 is 1.94 bits per heavy atom. The highest BCUT2D eigenvalue weighted by atomic mass is 32.2. The fourth-order valence-electron chi connectivity index (χ4n) is 4.69. The highest BCUT2D eigenvalue weighted by Crippen LogP contribution is 2.36. The van der Waals surface area contributed by atoms with Gasteiger partial charge in [0, 0.05) is 42.2 Å². The van der Waals surface area contributed by atoms with E-state index in [-0.39, 0.29) is 22.9 Å². The predicted molar refractivity (Wildman–Crippen MR) is 126 cm³/mol. The number of hydrogen-bond acceptors (Lipinski definition) is 6. The van der Waals surface area contributed by atoms with E-state index in [1.807, 2.05) is 18.7 Å². The van der Waals surface area contributed by atoms with Crippen LogP contribution in [-0.2, 0) is 16.6 Å². The maximum absolute atomic E-state index is 13.1. The molecular weight excluding hydrogens is 446 g/mol. The van der Waals surface area contributed by atoms with Gasteiger partial charge < -0.3 is 9.73 Å². The van der Waals surface area contributed by atoms with Crippen molar-refractivity contribution in [2.24, 2.45) is 0 Å². The number of thioether (sulfide) groups is 1. The minimum atomic E-state index is -3.77. The summed E-state index contributed by atoms with van der Waals surface area (Å²) in [6.07, 6.45) is 6.07. The number of sulfonamides is 1. The lowest BCUT2D eigenvalue weighted by atomic mass is 9.94. The van der Waals surface area contributed by atoms with Crippen molar-refractivity contribution in [3.05, 3.63) is 53.5 Å². The van der Waals surface area contributed by atoms with Gasteiger partial charge in [0.1, 0.15) is 5.76 Å². The molecule has 174 valence electrons. The monoisotopic (exact) mass is 477 g/mol. The number of carbonyl (C=O) groups excluding carboxylic acids is 1. The van der Waals surface area contributed by atoms with Gasteiger partial charge in [0.05, 0.1) is 17.7 Å². The lowest BCUT2D eigenvalue weighted by Gasteiger charge is -2.43. The quantitative estimate of drug-likeness (QED) is 0.607. The van der Waals surface area contributed by atoms with Gasteiger partial charge in [-0.1, -0.05) is 18.9 Å². The summed E-state index contributed by atoms with van der Waals surface area (Å²) in [5, 5.41) is 3.14. The van der Waals surface area contributed by atoms with Crippen LogP contribution in [-0.4, -0.2) is 55.9 Å². The lowest BCUT2D eigenvalue weighted by molar-refractivity contribution is 0.0817. The molecular formula is C23H31N3O4S2. The third-order valence-corrected chi connectivity index (χ3v) is 8.92. The maximum Gasteiger partial charge on any atom is 0.251 e. The van der Waals surface area contributed by atoms with E-state index in [2.05, 4.69) is 14.9 Å². The van der Waals surface area contributed by atoms with Crippen LogP contribution in [0.3, 0.4) is 0 Å². The number of furan rings is 1. The number of nitrogens with zero attached hydrogens (tertiary/aromatic N) is 1. The molecule has 1 aliphatic heterocycles. The molecule has 4 rings (SSSR count). The van der Waals surface area contributed by atoms with E-state index >= 15 is 0 Å². The van der Waals surface area contributed by atoms with Crippen LogP contribution in [0.25, 0.3) is 0 Å². The predicted octanol–water partition coefficient (Wildman–Crippen LogP) is 3.16. The second kappa shape index (κ2) is 9.99. The van der Waals surface area contributed by atoms with Crippen molar-refractivity contribution in [1.82, 2.24) is 14.9 Å². The molecule has 2 heterocycles. The summed E-state index contributed by atoms with van der Waals surface area (Å²) >= 11 is 1.99. The molecule has 0 atom stereocenters. The third-order valence-electron chi connectivity index (χ3n) is 6.57. The topological polar surface area (TPSA) is 91.6 Å². The van der Waals surface area contributed by atoms with Gasteiger partial charge in [-0.3, -0.25) is 9.69 Å². The van der Waals surface area contributed by atoms with Crippen molar-refractivity contribution in [2.75, 3.05) is 31.1 Å². The molecule has 0 unspecified atom stereocenters. The molecule has 1 aromatic heterocycles. The molecule has 1 aliphatic carbocycles. The van der Waals surface area contributed by atoms with E-state index in [0.29, 0.717) is 17.9 Å². The summed E-state index contributed by atoms with van der Waals surface area (Å²) in [5.41, 5.74) is 1.18. The number of benzene rings is 1. The van der Waals surface area contributed by atoms with E-state index in [1.54, 1.807) is 18.2 Å². The molecule has 2 fully saturated rings. The minimum absolute atomic E-state index is 0.0266. The first-order valence-corrected chi connectivity index (χ1v) is 13.8. The average Bonchev–Trinajstić information content (AvgIpc) is 3.50. The van der Waals surface area contributed by atoms with Crippen LogP contribution in [0.5, 0.6) is 0 Å². The summed E-state index contributed by atoms with van der Waals surface area (Å²) in [7, 11) is -3.77. The molecule has 0 bridgehead atoms. The van der Waals surface area contributed by atoms with Crippen LogP contribution in [0.4, 0.5) is 0 Å². The number of aryl methyl sites for hydroxylation is 1. The SMILES string of the molecule is Cc1ccc(S(=O)(=O)NCc2ccco2)cc1C(=O)NCC1(N2CCSCC2)CCCC1. The van der Waals surface area contributed by atoms with Crippen molar-refractivity contribution in [2.45, 2.75) is 49.6 Å². The van der Waals surface area contributed by atoms with Crippen molar-refractivity contribution in [1.29, 1.82) is 0 Å². The highest BCUT2D eigenvalue weighted by molar-refractivity contribution is 7.99. The second-order valence-corrected chi connectivity index (χ2v) is 11.6. The van der Waals surface area contributed by atoms with Gasteiger partial charge in [0.25, 0.3) is 5.91 Å². The van der Waals surface area contributed by atoms with Gasteiger partial charge in [-0.05, 0) is 49.6 Å². The molecule has 32 heavy (non-hydrogen) atoms. The Morgan fingerprint density at radius 3 is 2.62 bits per heavy atom. The fraction of sp³-hybridized carbons (Fsp3) is 0.522. The fourth-order valence-corrected chi connectivity index (χ4v) is 6.61. The normalized spacial score (nSPS) is 19.2. The zero-order valence-corrected chi connectivity index (χ0v) is 20.1. The number of rotatable bonds is 8. The Hall–Kier alpha value is -1.81. The molecule has 1 saturated heterocycles. The first-order valence-electron chi connectivity index (χ1n) is 11.1. The van der Waals surface area contributed by atoms with Crippen LogP contribution in [0.1, 0.15) is 47.4 Å². The van der Waals surface area contributed by atoms with Crippen LogP contribution in [0, 0.1) is 6.92 Å². The summed E-state index contributed by atoms with van der Waals surface area (Å²) < 4.78 is 33.2. The zero-order chi connectivity index (χ0) is 22.6. The molecule has 2 N–H and O–H groups in total. The van der Waals surface area contributed by atoms with Crippen molar-refractivity contribution < 1.29 is 17.6 Å². The molecule has 7 nitrogen and oxygen atoms in total. The average molecular weight is 478 g/mol. The summed E-state index contributed by atoms with van der Waals surface area (Å²) in [4.78, 5) is 15.7. The summed E-state index contributed by atoms with van der Waals surface area (Å²) in [6, 6.07) is 8.09. The lowest BCUT2D eigenvalue weighted by Crippen LogP contribution is -2.56. The van der Waals surface area contributed by atoms with E-state index in [9.17, 15) is 13.2 Å². The highest BCUT2D eigenvalue weighted by Gasteiger charge is 2.40. The molecule has 1 amide bonds. The van der Waals surface area contributed by atoms with Crippen molar-refractivity contribution in [3.63, 3.8) is 0 Å². The molecule has 1 aromatic carbocycles. The van der Waals surface area contributed by atoms with Gasteiger partial charge in [-0.25, -0.2) is 13.1 Å². The number of hydrogen-bond donors (Lipinski definition) is 2. The Morgan fingerprint density at radius 1 is 1.19 bits per heavy atom. The standard InChI is InChI=1S/C23H31N3O4S2/c1-18-6-7-20(32(28,29)25-16-19-5-4-12-30-19)15-21(18)22(27)24-17-23(8-2-3-9-23)26-10-13-31-14-11-26/h4-7,12,15,25H,2-3,8-11,13-14,16-17H2,1H3,(H,24,27). The number of carbonyl (C=O) groups is 1. The first-order chi connectivity index (χ1) is 15.4. The first kappa shape index (κ1) is 23.4. The van der Waals surface area contributed by atoms with Crippen LogP contribution in [0.15, 0.2) is 45.9 Å². The molecule has 0 spiro atoms. The zero-order valence-electron chi connectivity index (χ0n) is 18.4. The van der Waals surface area contributed by atoms with Crippen LogP contribution in [0.2, 0.25) is 0 Å². The third kappa shape index (κ3) is 5.22. The van der Waals surface area contributed by atoms with Gasteiger partial charge in [-0.15, -0.1) is 0 Å². The van der Waals surface area contributed by atoms with Crippen LogP contribution >= 0.6 is 11.8 Å². The van der Waals surface area contributed by atoms with Gasteiger partial charge in [0.15, 0.2) is 0 Å². The molecule has 1 saturated carbocycles. The molecule has 0 radical (unpaired) electrons. The van der Waals surface area contributed by atoms with Gasteiger partial charge in [0.2, 0.25) is 10.0 Å². The maximum atomic E-state index is 13.1. The molecule has 2 aromatic rings. The Kier molecular flexibility index (Phi) is 7.29. The number of amides is 1. The van der Waals surface area contributed by atoms with E-state index in [1.165, 1.54) is 31.2 Å². The van der Waals surface area contributed by atoms with Gasteiger partial charge >= 0.3 is 0 Å². The van der Waals surface area contributed by atoms with E-state index < -0.39 is 10.0 Å². The largest absolute Gasteiger partial charge is 0.468 e. The minimum Gasteiger partial charge on any atom is -0.468 e. The van der Waals surface area contributed by atoms with Gasteiger partial charge in [-0.2, -0.15) is 11.8 Å². The summed E-state index contributed by atoms with van der Waals surface area (Å²) in [5.74, 6) is 2.58.